The number of benzene rings is 2. The van der Waals surface area contributed by atoms with E-state index in [1.54, 1.807) is 24.3 Å². The molecule has 0 radical (unpaired) electrons. The van der Waals surface area contributed by atoms with Crippen molar-refractivity contribution in [3.05, 3.63) is 78.1 Å². The Hall–Kier alpha value is -3.48. The molecule has 0 aliphatic heterocycles. The van der Waals surface area contributed by atoms with Crippen molar-refractivity contribution < 1.29 is 18.3 Å². The largest absolute Gasteiger partial charge is 0.492 e. The summed E-state index contributed by atoms with van der Waals surface area (Å²) in [6, 6.07) is 12.1. The van der Waals surface area contributed by atoms with Crippen molar-refractivity contribution in [3.8, 4) is 5.75 Å². The van der Waals surface area contributed by atoms with Crippen LogP contribution < -0.4 is 15.4 Å². The minimum absolute atomic E-state index is 0.300. The van der Waals surface area contributed by atoms with Crippen LogP contribution in [0.25, 0.3) is 0 Å². The maximum Gasteiger partial charge on any atom is 0.257 e. The number of halogens is 2. The van der Waals surface area contributed by atoms with Gasteiger partial charge in [0.25, 0.3) is 5.91 Å². The minimum Gasteiger partial charge on any atom is -0.492 e. The van der Waals surface area contributed by atoms with E-state index in [4.69, 9.17) is 4.74 Å². The second-order valence-electron chi connectivity index (χ2n) is 5.60. The van der Waals surface area contributed by atoms with Gasteiger partial charge in [-0.15, -0.1) is 0 Å². The molecule has 1 heterocycles. The highest BCUT2D eigenvalue weighted by Gasteiger charge is 2.11. The van der Waals surface area contributed by atoms with Crippen LogP contribution in [0, 0.1) is 11.6 Å². The Balaban J connectivity index is 1.76. The van der Waals surface area contributed by atoms with E-state index >= 15 is 0 Å². The number of hydrogen-bond donors (Lipinski definition) is 2. The summed E-state index contributed by atoms with van der Waals surface area (Å²) in [5.74, 6) is -1.70. The van der Waals surface area contributed by atoms with E-state index in [-0.39, 0.29) is 5.91 Å². The standard InChI is InChI=1S/C20H17F2N3O2/c1-2-27-19-6-4-3-5-18(19)25-20(26)13-9-15(12-23-11-13)24-14-7-8-16(21)17(22)10-14/h3-12,24H,2H2,1H3,(H,25,26). The maximum atomic E-state index is 13.3. The third kappa shape index (κ3) is 4.58. The normalized spacial score (nSPS) is 10.3. The minimum atomic E-state index is -0.964. The number of aromatic nitrogens is 1. The molecular formula is C20H17F2N3O2. The van der Waals surface area contributed by atoms with Gasteiger partial charge in [-0.2, -0.15) is 0 Å². The molecule has 0 unspecified atom stereocenters. The van der Waals surface area contributed by atoms with Crippen LogP contribution in [0.1, 0.15) is 17.3 Å². The fraction of sp³-hybridized carbons (Fsp3) is 0.100. The summed E-state index contributed by atoms with van der Waals surface area (Å²) >= 11 is 0. The van der Waals surface area contributed by atoms with E-state index in [0.717, 1.165) is 12.1 Å². The van der Waals surface area contributed by atoms with E-state index in [2.05, 4.69) is 15.6 Å². The molecule has 0 aliphatic carbocycles. The molecule has 3 rings (SSSR count). The number of nitrogens with one attached hydrogen (secondary N) is 2. The first-order valence-corrected chi connectivity index (χ1v) is 8.27. The predicted molar refractivity (Wildman–Crippen MR) is 99.4 cm³/mol. The monoisotopic (exact) mass is 369 g/mol. The number of carbonyl (C=O) groups is 1. The van der Waals surface area contributed by atoms with E-state index in [0.29, 0.717) is 35.0 Å². The van der Waals surface area contributed by atoms with Crippen LogP contribution >= 0.6 is 0 Å². The van der Waals surface area contributed by atoms with Gasteiger partial charge in [-0.3, -0.25) is 9.78 Å². The molecule has 2 aromatic carbocycles. The molecule has 1 amide bonds. The van der Waals surface area contributed by atoms with Crippen molar-refractivity contribution in [1.29, 1.82) is 0 Å². The van der Waals surface area contributed by atoms with Crippen LogP contribution in [0.15, 0.2) is 60.9 Å². The number of pyridine rings is 1. The van der Waals surface area contributed by atoms with E-state index in [9.17, 15) is 13.6 Å². The van der Waals surface area contributed by atoms with Crippen molar-refractivity contribution >= 4 is 23.0 Å². The topological polar surface area (TPSA) is 63.2 Å². The molecule has 0 fully saturated rings. The summed E-state index contributed by atoms with van der Waals surface area (Å²) in [7, 11) is 0. The number of nitrogens with zero attached hydrogens (tertiary/aromatic N) is 1. The number of carbonyl (C=O) groups excluding carboxylic acids is 1. The molecule has 2 N–H and O–H groups in total. The van der Waals surface area contributed by atoms with Crippen molar-refractivity contribution in [2.75, 3.05) is 17.2 Å². The van der Waals surface area contributed by atoms with Gasteiger partial charge in [-0.25, -0.2) is 8.78 Å². The van der Waals surface area contributed by atoms with Crippen molar-refractivity contribution in [1.82, 2.24) is 4.98 Å². The first-order valence-electron chi connectivity index (χ1n) is 8.27. The van der Waals surface area contributed by atoms with Crippen LogP contribution in [0.3, 0.4) is 0 Å². The number of amides is 1. The number of hydrogen-bond acceptors (Lipinski definition) is 4. The van der Waals surface area contributed by atoms with Gasteiger partial charge in [0.15, 0.2) is 11.6 Å². The molecule has 0 spiro atoms. The molecule has 0 saturated carbocycles. The molecule has 0 atom stereocenters. The molecule has 0 aliphatic rings. The van der Waals surface area contributed by atoms with E-state index in [1.807, 2.05) is 13.0 Å². The lowest BCUT2D eigenvalue weighted by atomic mass is 10.2. The van der Waals surface area contributed by atoms with Gasteiger partial charge in [0, 0.05) is 18.0 Å². The maximum absolute atomic E-state index is 13.3. The molecule has 1 aromatic heterocycles. The fourth-order valence-corrected chi connectivity index (χ4v) is 2.42. The van der Waals surface area contributed by atoms with Gasteiger partial charge in [-0.1, -0.05) is 12.1 Å². The molecule has 0 bridgehead atoms. The number of rotatable bonds is 6. The average molecular weight is 369 g/mol. The quantitative estimate of drug-likeness (QED) is 0.658. The second-order valence-corrected chi connectivity index (χ2v) is 5.60. The van der Waals surface area contributed by atoms with Crippen molar-refractivity contribution in [2.45, 2.75) is 6.92 Å². The van der Waals surface area contributed by atoms with Crippen molar-refractivity contribution in [3.63, 3.8) is 0 Å². The van der Waals surface area contributed by atoms with Gasteiger partial charge < -0.3 is 15.4 Å². The Morgan fingerprint density at radius 1 is 1.04 bits per heavy atom. The number of anilines is 3. The molecule has 138 valence electrons. The summed E-state index contributed by atoms with van der Waals surface area (Å²) in [5, 5.41) is 5.67. The first-order chi connectivity index (χ1) is 13.1. The first kappa shape index (κ1) is 18.3. The molecule has 5 nitrogen and oxygen atoms in total. The van der Waals surface area contributed by atoms with Crippen molar-refractivity contribution in [2.24, 2.45) is 0 Å². The Morgan fingerprint density at radius 3 is 2.63 bits per heavy atom. The molecule has 0 saturated heterocycles. The Labute approximate surface area is 155 Å². The fourth-order valence-electron chi connectivity index (χ4n) is 2.42. The van der Waals surface area contributed by atoms with Gasteiger partial charge in [0.05, 0.1) is 29.7 Å². The summed E-state index contributed by atoms with van der Waals surface area (Å²) in [4.78, 5) is 16.5. The van der Waals surface area contributed by atoms with Crippen LogP contribution in [0.2, 0.25) is 0 Å². The third-order valence-electron chi connectivity index (χ3n) is 3.64. The summed E-state index contributed by atoms with van der Waals surface area (Å²) in [6.45, 7) is 2.33. The zero-order valence-corrected chi connectivity index (χ0v) is 14.5. The lowest BCUT2D eigenvalue weighted by molar-refractivity contribution is 0.102. The van der Waals surface area contributed by atoms with Crippen LogP contribution in [0.5, 0.6) is 5.75 Å². The molecule has 27 heavy (non-hydrogen) atoms. The van der Waals surface area contributed by atoms with E-state index in [1.165, 1.54) is 18.5 Å². The zero-order valence-electron chi connectivity index (χ0n) is 14.5. The Morgan fingerprint density at radius 2 is 1.85 bits per heavy atom. The zero-order chi connectivity index (χ0) is 19.2. The summed E-state index contributed by atoms with van der Waals surface area (Å²) in [5.41, 5.74) is 1.65. The smallest absolute Gasteiger partial charge is 0.257 e. The Bertz CT molecular complexity index is 963. The lowest BCUT2D eigenvalue weighted by Gasteiger charge is -2.12. The van der Waals surface area contributed by atoms with Crippen LogP contribution in [-0.2, 0) is 0 Å². The van der Waals surface area contributed by atoms with Gasteiger partial charge in [-0.05, 0) is 37.3 Å². The van der Waals surface area contributed by atoms with E-state index < -0.39 is 11.6 Å². The van der Waals surface area contributed by atoms with Gasteiger partial charge in [0.2, 0.25) is 0 Å². The number of ether oxygens (including phenoxy) is 1. The van der Waals surface area contributed by atoms with Gasteiger partial charge >= 0.3 is 0 Å². The number of para-hydroxylation sites is 2. The summed E-state index contributed by atoms with van der Waals surface area (Å²) in [6.07, 6.45) is 2.89. The third-order valence-corrected chi connectivity index (χ3v) is 3.64. The highest BCUT2D eigenvalue weighted by atomic mass is 19.2. The summed E-state index contributed by atoms with van der Waals surface area (Å²) < 4.78 is 31.8. The molecule has 3 aromatic rings. The highest BCUT2D eigenvalue weighted by molar-refractivity contribution is 6.05. The highest BCUT2D eigenvalue weighted by Crippen LogP contribution is 2.25. The Kier molecular flexibility index (Phi) is 5.61. The lowest BCUT2D eigenvalue weighted by Crippen LogP contribution is -2.13. The average Bonchev–Trinajstić information content (AvgIpc) is 2.67. The predicted octanol–water partition coefficient (Wildman–Crippen LogP) is 4.75. The van der Waals surface area contributed by atoms with Gasteiger partial charge in [0.1, 0.15) is 5.75 Å². The molecule has 7 heteroatoms. The van der Waals surface area contributed by atoms with Crippen LogP contribution in [0.4, 0.5) is 25.8 Å². The SMILES string of the molecule is CCOc1ccccc1NC(=O)c1cncc(Nc2ccc(F)c(F)c2)c1. The van der Waals surface area contributed by atoms with Crippen LogP contribution in [-0.4, -0.2) is 17.5 Å². The second kappa shape index (κ2) is 8.27. The molecular weight excluding hydrogens is 352 g/mol.